The van der Waals surface area contributed by atoms with Gasteiger partial charge >= 0.3 is 0 Å². The van der Waals surface area contributed by atoms with Crippen LogP contribution in [-0.2, 0) is 13.1 Å². The van der Waals surface area contributed by atoms with Gasteiger partial charge in [0.25, 0.3) is 0 Å². The average Bonchev–Trinajstić information content (AvgIpc) is 4.17. The van der Waals surface area contributed by atoms with E-state index < -0.39 is 0 Å². The lowest BCUT2D eigenvalue weighted by Gasteiger charge is -2.10. The molecule has 0 aliphatic heterocycles. The summed E-state index contributed by atoms with van der Waals surface area (Å²) in [7, 11) is 0. The van der Waals surface area contributed by atoms with E-state index in [2.05, 4.69) is 128 Å². The Balaban J connectivity index is 0.719. The number of pyridine rings is 4. The van der Waals surface area contributed by atoms with E-state index in [-0.39, 0.29) is 0 Å². The molecule has 0 aliphatic rings. The maximum atomic E-state index is 5.19. The van der Waals surface area contributed by atoms with Crippen LogP contribution in [0, 0.1) is 0 Å². The fourth-order valence-electron chi connectivity index (χ4n) is 10.7. The van der Waals surface area contributed by atoms with E-state index in [1.807, 2.05) is 49.1 Å². The molecule has 0 atom stereocenters. The number of benzene rings is 6. The molecule has 0 radical (unpaired) electrons. The molecule has 0 saturated heterocycles. The van der Waals surface area contributed by atoms with Crippen LogP contribution in [0.5, 0.6) is 0 Å². The van der Waals surface area contributed by atoms with Gasteiger partial charge in [-0.05, 0) is 110 Å². The third kappa shape index (κ3) is 5.54. The average molecular weight is 853 g/mol. The number of hydrogen-bond donors (Lipinski definition) is 2. The number of hydrogen-bond acceptors (Lipinski definition) is 6. The Morgan fingerprint density at radius 3 is 1.17 bits per heavy atom. The Morgan fingerprint density at radius 1 is 0.333 bits per heavy atom. The van der Waals surface area contributed by atoms with Crippen LogP contribution in [0.1, 0.15) is 25.7 Å². The maximum Gasteiger partial charge on any atom is 0.138 e. The van der Waals surface area contributed by atoms with E-state index in [1.54, 1.807) is 0 Å². The third-order valence-corrected chi connectivity index (χ3v) is 13.7. The summed E-state index contributed by atoms with van der Waals surface area (Å²) in [5, 5.41) is 9.08. The second-order valence-corrected chi connectivity index (χ2v) is 17.4. The molecule has 314 valence electrons. The molecule has 10 nitrogen and oxygen atoms in total. The largest absolute Gasteiger partial charge is 0.340 e. The summed E-state index contributed by atoms with van der Waals surface area (Å²) in [4.78, 5) is 36.5. The molecule has 14 rings (SSSR count). The van der Waals surface area contributed by atoms with Gasteiger partial charge in [-0.25, -0.2) is 9.97 Å². The van der Waals surface area contributed by atoms with Crippen molar-refractivity contribution in [3.63, 3.8) is 0 Å². The number of fused-ring (bicyclic) bond motifs is 18. The molecular formula is C56H40N10. The lowest BCUT2D eigenvalue weighted by molar-refractivity contribution is 0.559. The molecule has 8 heterocycles. The Bertz CT molecular complexity index is 3840. The predicted molar refractivity (Wildman–Crippen MR) is 269 cm³/mol. The van der Waals surface area contributed by atoms with Crippen LogP contribution in [-0.4, -0.2) is 49.0 Å². The lowest BCUT2D eigenvalue weighted by Crippen LogP contribution is -2.00. The molecule has 2 N–H and O–H groups in total. The molecule has 14 aromatic rings. The van der Waals surface area contributed by atoms with E-state index in [0.717, 1.165) is 127 Å². The summed E-state index contributed by atoms with van der Waals surface area (Å²) in [6.07, 6.45) is 11.8. The monoisotopic (exact) mass is 852 g/mol. The molecule has 10 heteroatoms. The van der Waals surface area contributed by atoms with E-state index in [9.17, 15) is 0 Å². The lowest BCUT2D eigenvalue weighted by atomic mass is 10.1. The Kier molecular flexibility index (Phi) is 8.12. The number of aryl methyl sites for hydroxylation is 2. The highest BCUT2D eigenvalue weighted by Crippen LogP contribution is 2.38. The van der Waals surface area contributed by atoms with Gasteiger partial charge in [-0.15, -0.1) is 0 Å². The fraction of sp³-hybridized carbons (Fsp3) is 0.107. The van der Waals surface area contributed by atoms with Crippen molar-refractivity contribution in [1.82, 2.24) is 49.0 Å². The van der Waals surface area contributed by atoms with Gasteiger partial charge in [0.05, 0.1) is 44.1 Å². The van der Waals surface area contributed by atoms with Gasteiger partial charge in [-0.3, -0.25) is 19.9 Å². The van der Waals surface area contributed by atoms with Crippen molar-refractivity contribution >= 4 is 109 Å². The minimum Gasteiger partial charge on any atom is -0.340 e. The Labute approximate surface area is 376 Å². The van der Waals surface area contributed by atoms with Crippen LogP contribution in [0.2, 0.25) is 0 Å². The zero-order chi connectivity index (χ0) is 43.3. The third-order valence-electron chi connectivity index (χ3n) is 13.7. The second kappa shape index (κ2) is 14.5. The number of unbranched alkanes of at least 4 members (excludes halogenated alkanes) is 3. The number of aromatic nitrogens is 10. The van der Waals surface area contributed by atoms with Gasteiger partial charge < -0.3 is 19.1 Å². The summed E-state index contributed by atoms with van der Waals surface area (Å²) in [6, 6.07) is 47.4. The van der Waals surface area contributed by atoms with Crippen LogP contribution in [0.15, 0.2) is 158 Å². The van der Waals surface area contributed by atoms with Crippen LogP contribution in [0.25, 0.3) is 132 Å². The van der Waals surface area contributed by atoms with E-state index in [0.29, 0.717) is 0 Å². The number of H-pyrrole nitrogens is 2. The molecule has 0 spiro atoms. The molecule has 66 heavy (non-hydrogen) atoms. The molecule has 0 amide bonds. The highest BCUT2D eigenvalue weighted by molar-refractivity contribution is 6.22. The normalized spacial score (nSPS) is 12.3. The number of imidazole rings is 2. The standard InChI is InChI=1S/C56H40N10/c1(7-29-65-43-19-5-3-13-35(43)41-31-33(21-23-45(41)65)55-61-51-37-15-9-25-57-47(37)48-38(52(51)62-55)16-10-26-58-48)2-8-30-66-44-20-6-4-14-36(44)42-32-34(22-24-46(42)66)56-63-53-39-17-11-27-59-49(39)50-40(54(53)64-56)18-12-28-60-50/h3-6,9-28,31-32H,1-2,7-8,29-30H2,(H,61,62)(H,63,64). The minimum absolute atomic E-state index is 0.846. The summed E-state index contributed by atoms with van der Waals surface area (Å²) in [5.74, 6) is 1.69. The van der Waals surface area contributed by atoms with Crippen LogP contribution >= 0.6 is 0 Å². The van der Waals surface area contributed by atoms with Gasteiger partial charge in [0.2, 0.25) is 0 Å². The molecule has 6 aromatic carbocycles. The first-order valence-corrected chi connectivity index (χ1v) is 22.8. The van der Waals surface area contributed by atoms with Crippen LogP contribution in [0.4, 0.5) is 0 Å². The SMILES string of the molecule is c1cnc2c(c1)c1nc(-c3ccc4c(c3)c3ccccc3n4CCCCCCn3c4ccccc4c4cc(-c5nc6c7cccnc7c7ncccc7c6[nH]5)ccc43)[nH]c1c1cccnc12. The highest BCUT2D eigenvalue weighted by atomic mass is 15.0. The number of nitrogens with one attached hydrogen (secondary N) is 2. The van der Waals surface area contributed by atoms with Crippen LogP contribution < -0.4 is 0 Å². The van der Waals surface area contributed by atoms with Crippen molar-refractivity contribution in [3.8, 4) is 22.8 Å². The number of nitrogens with zero attached hydrogens (tertiary/aromatic N) is 8. The summed E-state index contributed by atoms with van der Waals surface area (Å²) < 4.78 is 5.02. The first kappa shape index (κ1) is 36.9. The molecular weight excluding hydrogens is 813 g/mol. The van der Waals surface area contributed by atoms with E-state index in [1.165, 1.54) is 43.6 Å². The summed E-state index contributed by atoms with van der Waals surface area (Å²) in [5.41, 5.74) is 14.5. The van der Waals surface area contributed by atoms with Gasteiger partial charge in [0.15, 0.2) is 0 Å². The molecule has 8 aromatic heterocycles. The first-order valence-electron chi connectivity index (χ1n) is 22.8. The zero-order valence-electron chi connectivity index (χ0n) is 35.8. The fourth-order valence-corrected chi connectivity index (χ4v) is 10.7. The minimum atomic E-state index is 0.846. The van der Waals surface area contributed by atoms with Crippen molar-refractivity contribution in [1.29, 1.82) is 0 Å². The molecule has 0 bridgehead atoms. The van der Waals surface area contributed by atoms with Crippen molar-refractivity contribution in [3.05, 3.63) is 158 Å². The van der Waals surface area contributed by atoms with Gasteiger partial charge in [-0.2, -0.15) is 0 Å². The van der Waals surface area contributed by atoms with Crippen LogP contribution in [0.3, 0.4) is 0 Å². The number of aromatic amines is 2. The van der Waals surface area contributed by atoms with Gasteiger partial charge in [0.1, 0.15) is 11.6 Å². The number of rotatable bonds is 9. The first-order chi connectivity index (χ1) is 32.7. The summed E-state index contributed by atoms with van der Waals surface area (Å²) in [6.45, 7) is 1.93. The van der Waals surface area contributed by atoms with E-state index >= 15 is 0 Å². The topological polar surface area (TPSA) is 119 Å². The molecule has 0 aliphatic carbocycles. The Morgan fingerprint density at radius 2 is 0.712 bits per heavy atom. The second-order valence-electron chi connectivity index (χ2n) is 17.4. The van der Waals surface area contributed by atoms with Gasteiger partial charge in [-0.1, -0.05) is 49.2 Å². The van der Waals surface area contributed by atoms with E-state index in [4.69, 9.17) is 29.9 Å². The number of para-hydroxylation sites is 2. The Hall–Kier alpha value is -8.50. The smallest absolute Gasteiger partial charge is 0.138 e. The van der Waals surface area contributed by atoms with Crippen molar-refractivity contribution < 1.29 is 0 Å². The zero-order valence-corrected chi connectivity index (χ0v) is 35.8. The van der Waals surface area contributed by atoms with Gasteiger partial charge in [0, 0.05) is 114 Å². The highest BCUT2D eigenvalue weighted by Gasteiger charge is 2.19. The molecule has 0 saturated carbocycles. The van der Waals surface area contributed by atoms with Crippen molar-refractivity contribution in [2.45, 2.75) is 38.8 Å². The summed E-state index contributed by atoms with van der Waals surface area (Å²) >= 11 is 0. The molecule has 0 unspecified atom stereocenters. The van der Waals surface area contributed by atoms with Crippen molar-refractivity contribution in [2.24, 2.45) is 0 Å². The maximum absolute atomic E-state index is 5.19. The van der Waals surface area contributed by atoms with Crippen molar-refractivity contribution in [2.75, 3.05) is 0 Å². The molecule has 0 fully saturated rings. The predicted octanol–water partition coefficient (Wildman–Crippen LogP) is 13.4. The quantitative estimate of drug-likeness (QED) is 0.110.